The summed E-state index contributed by atoms with van der Waals surface area (Å²) >= 11 is 0. The molecule has 2 aromatic carbocycles. The average molecular weight is 446 g/mol. The van der Waals surface area contributed by atoms with Crippen LogP contribution in [-0.2, 0) is 9.59 Å². The zero-order chi connectivity index (χ0) is 23.1. The van der Waals surface area contributed by atoms with Crippen LogP contribution < -0.4 is 14.8 Å². The number of para-hydroxylation sites is 2. The summed E-state index contributed by atoms with van der Waals surface area (Å²) in [5.41, 5.74) is 2.85. The molecule has 0 saturated heterocycles. The van der Waals surface area contributed by atoms with Crippen molar-refractivity contribution in [3.63, 3.8) is 0 Å². The number of nitrogens with one attached hydrogen (secondary N) is 1. The largest absolute Gasteiger partial charge is 0.490 e. The van der Waals surface area contributed by atoms with Gasteiger partial charge in [0.1, 0.15) is 6.61 Å². The number of anilines is 1. The Labute approximate surface area is 180 Å². The summed E-state index contributed by atoms with van der Waals surface area (Å²) in [4.78, 5) is 25.3. The number of carboxylic acid groups (broad SMARTS) is 1. The predicted molar refractivity (Wildman–Crippen MR) is 108 cm³/mol. The van der Waals surface area contributed by atoms with Crippen molar-refractivity contribution in [1.82, 2.24) is 4.98 Å². The molecule has 0 bridgehead atoms. The molecule has 3 aromatic rings. The van der Waals surface area contributed by atoms with Gasteiger partial charge in [-0.2, -0.15) is 13.2 Å². The van der Waals surface area contributed by atoms with Crippen LogP contribution in [0.1, 0.15) is 0 Å². The second-order valence-electron chi connectivity index (χ2n) is 6.47. The Morgan fingerprint density at radius 1 is 0.938 bits per heavy atom. The van der Waals surface area contributed by atoms with E-state index in [9.17, 15) is 18.0 Å². The average Bonchev–Trinajstić information content (AvgIpc) is 2.79. The first kappa shape index (κ1) is 22.6. The Hall–Kier alpha value is -4.08. The number of alkyl halides is 3. The minimum absolute atomic E-state index is 0.192. The number of carbonyl (C=O) groups is 2. The van der Waals surface area contributed by atoms with Crippen molar-refractivity contribution >= 4 is 17.6 Å². The van der Waals surface area contributed by atoms with E-state index in [4.69, 9.17) is 19.4 Å². The van der Waals surface area contributed by atoms with Crippen LogP contribution in [0.3, 0.4) is 0 Å². The summed E-state index contributed by atoms with van der Waals surface area (Å²) in [7, 11) is 0. The third-order valence-electron chi connectivity index (χ3n) is 4.21. The lowest BCUT2D eigenvalue weighted by Gasteiger charge is -2.25. The highest BCUT2D eigenvalue weighted by Gasteiger charge is 2.38. The fourth-order valence-electron chi connectivity index (χ4n) is 2.66. The number of hydrogen-bond donors (Lipinski definition) is 2. The monoisotopic (exact) mass is 446 g/mol. The van der Waals surface area contributed by atoms with Crippen LogP contribution >= 0.6 is 0 Å². The van der Waals surface area contributed by atoms with Crippen molar-refractivity contribution in [2.45, 2.75) is 12.3 Å². The standard InChI is InChI=1S/C20H16N2O3.C2HF3O2/c23-20(19-13-24-17-3-1-2-4-18(17)25-19)22-16-7-5-14(6-8-16)15-9-11-21-12-10-15;3-2(4,5)1(6)7/h1-12,19H,13H2,(H,22,23);(H,6,7). The molecule has 0 aliphatic carbocycles. The molecule has 1 atom stereocenters. The van der Waals surface area contributed by atoms with Crippen LogP contribution in [0.2, 0.25) is 0 Å². The summed E-state index contributed by atoms with van der Waals surface area (Å²) < 4.78 is 43.0. The van der Waals surface area contributed by atoms with E-state index in [0.29, 0.717) is 17.2 Å². The van der Waals surface area contributed by atoms with E-state index in [2.05, 4.69) is 10.3 Å². The van der Waals surface area contributed by atoms with E-state index in [1.54, 1.807) is 18.5 Å². The van der Waals surface area contributed by atoms with Crippen LogP contribution in [0, 0.1) is 0 Å². The third kappa shape index (κ3) is 5.97. The topological polar surface area (TPSA) is 97.8 Å². The number of ether oxygens (including phenoxy) is 2. The van der Waals surface area contributed by atoms with Crippen LogP contribution in [0.15, 0.2) is 73.1 Å². The van der Waals surface area contributed by atoms with Gasteiger partial charge in [-0.25, -0.2) is 4.79 Å². The Bertz CT molecular complexity index is 1070. The van der Waals surface area contributed by atoms with E-state index in [1.165, 1.54) is 0 Å². The summed E-state index contributed by atoms with van der Waals surface area (Å²) in [6.07, 6.45) is -2.25. The molecule has 32 heavy (non-hydrogen) atoms. The number of aromatic nitrogens is 1. The second-order valence-corrected chi connectivity index (χ2v) is 6.47. The number of rotatable bonds is 3. The first-order chi connectivity index (χ1) is 15.2. The number of carbonyl (C=O) groups excluding carboxylic acids is 1. The Balaban J connectivity index is 0.000000360. The molecule has 1 unspecified atom stereocenters. The maximum atomic E-state index is 12.4. The summed E-state index contributed by atoms with van der Waals surface area (Å²) in [5, 5.41) is 9.99. The Morgan fingerprint density at radius 3 is 2.09 bits per heavy atom. The zero-order valence-corrected chi connectivity index (χ0v) is 16.4. The van der Waals surface area contributed by atoms with Gasteiger partial charge in [-0.3, -0.25) is 9.78 Å². The highest BCUT2D eigenvalue weighted by atomic mass is 19.4. The predicted octanol–water partition coefficient (Wildman–Crippen LogP) is 4.16. The van der Waals surface area contributed by atoms with Crippen molar-refractivity contribution in [2.75, 3.05) is 11.9 Å². The molecular formula is C22H17F3N2O5. The Kier molecular flexibility index (Phi) is 6.93. The molecule has 7 nitrogen and oxygen atoms in total. The van der Waals surface area contributed by atoms with E-state index < -0.39 is 18.2 Å². The first-order valence-corrected chi connectivity index (χ1v) is 9.24. The minimum atomic E-state index is -5.08. The number of benzene rings is 2. The van der Waals surface area contributed by atoms with E-state index in [0.717, 1.165) is 11.1 Å². The molecule has 2 heterocycles. The molecule has 0 radical (unpaired) electrons. The maximum Gasteiger partial charge on any atom is 0.490 e. The van der Waals surface area contributed by atoms with Crippen LogP contribution in [0.4, 0.5) is 18.9 Å². The van der Waals surface area contributed by atoms with Gasteiger partial charge < -0.3 is 19.9 Å². The van der Waals surface area contributed by atoms with Gasteiger partial charge in [0, 0.05) is 18.1 Å². The quantitative estimate of drug-likeness (QED) is 0.627. The lowest BCUT2D eigenvalue weighted by molar-refractivity contribution is -0.192. The van der Waals surface area contributed by atoms with Gasteiger partial charge in [0.05, 0.1) is 0 Å². The molecule has 1 aromatic heterocycles. The molecule has 1 aliphatic rings. The number of nitrogens with zero attached hydrogens (tertiary/aromatic N) is 1. The molecule has 1 amide bonds. The molecule has 0 saturated carbocycles. The lowest BCUT2D eigenvalue weighted by Crippen LogP contribution is -2.40. The van der Waals surface area contributed by atoms with Gasteiger partial charge in [0.25, 0.3) is 5.91 Å². The van der Waals surface area contributed by atoms with E-state index in [1.807, 2.05) is 54.6 Å². The zero-order valence-electron chi connectivity index (χ0n) is 16.4. The van der Waals surface area contributed by atoms with E-state index >= 15 is 0 Å². The highest BCUT2D eigenvalue weighted by Crippen LogP contribution is 2.31. The SMILES string of the molecule is O=C(Nc1ccc(-c2ccncc2)cc1)C1COc2ccccc2O1.O=C(O)C(F)(F)F. The number of halogens is 3. The number of aliphatic carboxylic acids is 1. The number of pyridine rings is 1. The minimum Gasteiger partial charge on any atom is -0.485 e. The van der Waals surface area contributed by atoms with Gasteiger partial charge in [-0.1, -0.05) is 24.3 Å². The van der Waals surface area contributed by atoms with Crippen molar-refractivity contribution in [2.24, 2.45) is 0 Å². The van der Waals surface area contributed by atoms with E-state index in [-0.39, 0.29) is 12.5 Å². The molecule has 1 aliphatic heterocycles. The number of amides is 1. The molecule has 10 heteroatoms. The molecule has 2 N–H and O–H groups in total. The summed E-state index contributed by atoms with van der Waals surface area (Å²) in [5.74, 6) is -1.74. The summed E-state index contributed by atoms with van der Waals surface area (Å²) in [6.45, 7) is 0.192. The fourth-order valence-corrected chi connectivity index (χ4v) is 2.66. The normalized spacial score (nSPS) is 14.5. The van der Waals surface area contributed by atoms with Gasteiger partial charge in [-0.05, 0) is 47.5 Å². The fraction of sp³-hybridized carbons (Fsp3) is 0.136. The van der Waals surface area contributed by atoms with Crippen molar-refractivity contribution in [3.8, 4) is 22.6 Å². The van der Waals surface area contributed by atoms with Crippen molar-refractivity contribution in [1.29, 1.82) is 0 Å². The van der Waals surface area contributed by atoms with Crippen molar-refractivity contribution < 1.29 is 37.3 Å². The smallest absolute Gasteiger partial charge is 0.485 e. The van der Waals surface area contributed by atoms with Crippen molar-refractivity contribution in [3.05, 3.63) is 73.1 Å². The van der Waals surface area contributed by atoms with Crippen LogP contribution in [-0.4, -0.2) is 40.9 Å². The van der Waals surface area contributed by atoms with Gasteiger partial charge in [-0.15, -0.1) is 0 Å². The molecule has 166 valence electrons. The second kappa shape index (κ2) is 9.82. The van der Waals surface area contributed by atoms with Crippen LogP contribution in [0.5, 0.6) is 11.5 Å². The highest BCUT2D eigenvalue weighted by molar-refractivity contribution is 5.95. The first-order valence-electron chi connectivity index (χ1n) is 9.24. The van der Waals surface area contributed by atoms with Gasteiger partial charge in [0.2, 0.25) is 6.10 Å². The molecule has 0 fully saturated rings. The molecule has 4 rings (SSSR count). The Morgan fingerprint density at radius 2 is 1.50 bits per heavy atom. The molecule has 0 spiro atoms. The maximum absolute atomic E-state index is 12.4. The third-order valence-corrected chi connectivity index (χ3v) is 4.21. The van der Waals surface area contributed by atoms with Gasteiger partial charge >= 0.3 is 12.1 Å². The number of carboxylic acids is 1. The number of fused-ring (bicyclic) bond motifs is 1. The lowest BCUT2D eigenvalue weighted by atomic mass is 10.1. The molecular weight excluding hydrogens is 429 g/mol. The summed E-state index contributed by atoms with van der Waals surface area (Å²) in [6, 6.07) is 18.9. The number of hydrogen-bond acceptors (Lipinski definition) is 5. The van der Waals surface area contributed by atoms with Crippen LogP contribution in [0.25, 0.3) is 11.1 Å². The van der Waals surface area contributed by atoms with Gasteiger partial charge in [0.15, 0.2) is 11.5 Å².